The quantitative estimate of drug-likeness (QED) is 0.886. The van der Waals surface area contributed by atoms with Crippen molar-refractivity contribution in [1.82, 2.24) is 15.3 Å². The SMILES string of the molecule is CC(CN)(NC(=O)c1cnc(-c2ccccn2)s1)C1CC1. The van der Waals surface area contributed by atoms with Gasteiger partial charge in [-0.3, -0.25) is 9.78 Å². The van der Waals surface area contributed by atoms with Gasteiger partial charge in [0.05, 0.1) is 17.4 Å². The van der Waals surface area contributed by atoms with E-state index in [0.717, 1.165) is 23.5 Å². The van der Waals surface area contributed by atoms with E-state index in [9.17, 15) is 4.79 Å². The third-order valence-electron chi connectivity index (χ3n) is 3.92. The molecular weight excluding hydrogens is 284 g/mol. The second-order valence-corrected chi connectivity index (χ2v) is 6.63. The summed E-state index contributed by atoms with van der Waals surface area (Å²) in [6, 6.07) is 5.64. The van der Waals surface area contributed by atoms with Crippen LogP contribution in [0, 0.1) is 5.92 Å². The van der Waals surface area contributed by atoms with Crippen LogP contribution in [0.25, 0.3) is 10.7 Å². The largest absolute Gasteiger partial charge is 0.345 e. The van der Waals surface area contributed by atoms with Crippen LogP contribution < -0.4 is 11.1 Å². The Morgan fingerprint density at radius 2 is 2.29 bits per heavy atom. The summed E-state index contributed by atoms with van der Waals surface area (Å²) in [6.07, 6.45) is 5.59. The Kier molecular flexibility index (Phi) is 3.73. The third-order valence-corrected chi connectivity index (χ3v) is 4.93. The minimum atomic E-state index is -0.313. The first kappa shape index (κ1) is 14.2. The fraction of sp³-hybridized carbons (Fsp3) is 0.400. The number of pyridine rings is 1. The maximum atomic E-state index is 12.4. The molecule has 1 amide bonds. The second kappa shape index (κ2) is 5.54. The molecular formula is C15H18N4OS. The van der Waals surface area contributed by atoms with Crippen molar-refractivity contribution in [2.75, 3.05) is 6.54 Å². The number of aromatic nitrogens is 2. The molecule has 5 nitrogen and oxygen atoms in total. The Labute approximate surface area is 127 Å². The van der Waals surface area contributed by atoms with Crippen LogP contribution in [0.2, 0.25) is 0 Å². The lowest BCUT2D eigenvalue weighted by atomic mass is 9.96. The summed E-state index contributed by atoms with van der Waals surface area (Å²) >= 11 is 1.35. The molecule has 1 fully saturated rings. The zero-order valence-electron chi connectivity index (χ0n) is 11.9. The number of nitrogens with one attached hydrogen (secondary N) is 1. The Hall–Kier alpha value is -1.79. The van der Waals surface area contributed by atoms with Gasteiger partial charge in [0.2, 0.25) is 0 Å². The summed E-state index contributed by atoms with van der Waals surface area (Å²) < 4.78 is 0. The van der Waals surface area contributed by atoms with Gasteiger partial charge in [0.15, 0.2) is 0 Å². The van der Waals surface area contributed by atoms with E-state index in [4.69, 9.17) is 5.73 Å². The first-order valence-corrected chi connectivity index (χ1v) is 7.84. The fourth-order valence-electron chi connectivity index (χ4n) is 2.35. The van der Waals surface area contributed by atoms with Gasteiger partial charge in [-0.2, -0.15) is 0 Å². The average Bonchev–Trinajstić information content (AvgIpc) is 3.26. The van der Waals surface area contributed by atoms with Crippen LogP contribution in [0.3, 0.4) is 0 Å². The lowest BCUT2D eigenvalue weighted by Crippen LogP contribution is -2.53. The van der Waals surface area contributed by atoms with Crippen molar-refractivity contribution in [2.45, 2.75) is 25.3 Å². The van der Waals surface area contributed by atoms with Gasteiger partial charge in [0.25, 0.3) is 5.91 Å². The van der Waals surface area contributed by atoms with Gasteiger partial charge in [0, 0.05) is 12.7 Å². The van der Waals surface area contributed by atoms with Crippen LogP contribution in [0.15, 0.2) is 30.6 Å². The van der Waals surface area contributed by atoms with Gasteiger partial charge in [-0.1, -0.05) is 6.07 Å². The number of thiazole rings is 1. The average molecular weight is 302 g/mol. The number of amides is 1. The molecule has 2 aromatic rings. The molecule has 0 aliphatic heterocycles. The number of nitrogens with zero attached hydrogens (tertiary/aromatic N) is 2. The number of hydrogen-bond donors (Lipinski definition) is 2. The second-order valence-electron chi connectivity index (χ2n) is 5.59. The van der Waals surface area contributed by atoms with Crippen molar-refractivity contribution in [3.05, 3.63) is 35.5 Å². The molecule has 1 aliphatic carbocycles. The van der Waals surface area contributed by atoms with E-state index in [1.165, 1.54) is 11.3 Å². The van der Waals surface area contributed by atoms with Gasteiger partial charge < -0.3 is 11.1 Å². The van der Waals surface area contributed by atoms with Gasteiger partial charge >= 0.3 is 0 Å². The first-order valence-electron chi connectivity index (χ1n) is 7.02. The smallest absolute Gasteiger partial charge is 0.263 e. The molecule has 2 aromatic heterocycles. The number of carbonyl (C=O) groups excluding carboxylic acids is 1. The molecule has 0 spiro atoms. The summed E-state index contributed by atoms with van der Waals surface area (Å²) in [6.45, 7) is 2.47. The molecule has 110 valence electrons. The zero-order valence-corrected chi connectivity index (χ0v) is 12.7. The molecule has 2 heterocycles. The predicted octanol–water partition coefficient (Wildman–Crippen LogP) is 2.06. The van der Waals surface area contributed by atoms with E-state index < -0.39 is 0 Å². The van der Waals surface area contributed by atoms with Crippen LogP contribution >= 0.6 is 11.3 Å². The van der Waals surface area contributed by atoms with Crippen LogP contribution in [0.1, 0.15) is 29.4 Å². The monoisotopic (exact) mass is 302 g/mol. The van der Waals surface area contributed by atoms with E-state index in [1.54, 1.807) is 12.4 Å². The summed E-state index contributed by atoms with van der Waals surface area (Å²) in [4.78, 5) is 21.5. The van der Waals surface area contributed by atoms with Crippen LogP contribution in [-0.4, -0.2) is 28.0 Å². The highest BCUT2D eigenvalue weighted by molar-refractivity contribution is 7.16. The normalized spacial score (nSPS) is 17.2. The number of hydrogen-bond acceptors (Lipinski definition) is 5. The van der Waals surface area contributed by atoms with Crippen molar-refractivity contribution in [3.8, 4) is 10.7 Å². The highest BCUT2D eigenvalue weighted by atomic mass is 32.1. The summed E-state index contributed by atoms with van der Waals surface area (Å²) in [5, 5.41) is 3.82. The molecule has 1 unspecified atom stereocenters. The summed E-state index contributed by atoms with van der Waals surface area (Å²) in [5.74, 6) is 0.393. The Morgan fingerprint density at radius 1 is 1.48 bits per heavy atom. The molecule has 1 atom stereocenters. The minimum absolute atomic E-state index is 0.102. The van der Waals surface area contributed by atoms with Crippen LogP contribution in [0.4, 0.5) is 0 Å². The molecule has 1 saturated carbocycles. The highest BCUT2D eigenvalue weighted by Crippen LogP contribution is 2.39. The number of rotatable bonds is 5. The molecule has 0 saturated heterocycles. The number of nitrogens with two attached hydrogens (primary N) is 1. The molecule has 3 rings (SSSR count). The van der Waals surface area contributed by atoms with Crippen molar-refractivity contribution in [2.24, 2.45) is 11.7 Å². The van der Waals surface area contributed by atoms with Gasteiger partial charge in [-0.05, 0) is 37.8 Å². The van der Waals surface area contributed by atoms with E-state index in [2.05, 4.69) is 15.3 Å². The predicted molar refractivity (Wildman–Crippen MR) is 83.0 cm³/mol. The highest BCUT2D eigenvalue weighted by Gasteiger charge is 2.41. The fourth-order valence-corrected chi connectivity index (χ4v) is 3.14. The molecule has 0 bridgehead atoms. The van der Waals surface area contributed by atoms with E-state index in [-0.39, 0.29) is 11.4 Å². The van der Waals surface area contributed by atoms with E-state index in [1.807, 2.05) is 25.1 Å². The minimum Gasteiger partial charge on any atom is -0.345 e. The lowest BCUT2D eigenvalue weighted by Gasteiger charge is -2.29. The topological polar surface area (TPSA) is 80.9 Å². The number of carbonyl (C=O) groups is 1. The molecule has 1 aliphatic rings. The van der Waals surface area contributed by atoms with Gasteiger partial charge in [-0.15, -0.1) is 11.3 Å². The zero-order chi connectivity index (χ0) is 14.9. The Bertz CT molecular complexity index is 638. The van der Waals surface area contributed by atoms with Gasteiger partial charge in [0.1, 0.15) is 9.88 Å². The van der Waals surface area contributed by atoms with Gasteiger partial charge in [-0.25, -0.2) is 4.98 Å². The maximum absolute atomic E-state index is 12.4. The molecule has 6 heteroatoms. The Morgan fingerprint density at radius 3 is 2.90 bits per heavy atom. The standard InChI is InChI=1S/C15H18N4OS/c1-15(9-16,10-5-6-10)19-13(20)12-8-18-14(21-12)11-4-2-3-7-17-11/h2-4,7-8,10H,5-6,9,16H2,1H3,(H,19,20). The Balaban J connectivity index is 1.75. The van der Waals surface area contributed by atoms with Crippen molar-refractivity contribution < 1.29 is 4.79 Å². The van der Waals surface area contributed by atoms with Crippen molar-refractivity contribution >= 4 is 17.2 Å². The lowest BCUT2D eigenvalue weighted by molar-refractivity contribution is 0.0902. The van der Waals surface area contributed by atoms with Crippen LogP contribution in [-0.2, 0) is 0 Å². The molecule has 0 aromatic carbocycles. The molecule has 0 radical (unpaired) electrons. The molecule has 21 heavy (non-hydrogen) atoms. The van der Waals surface area contributed by atoms with Crippen LogP contribution in [0.5, 0.6) is 0 Å². The maximum Gasteiger partial charge on any atom is 0.263 e. The van der Waals surface area contributed by atoms with Crippen molar-refractivity contribution in [1.29, 1.82) is 0 Å². The third kappa shape index (κ3) is 2.96. The first-order chi connectivity index (χ1) is 10.1. The summed E-state index contributed by atoms with van der Waals surface area (Å²) in [7, 11) is 0. The molecule has 3 N–H and O–H groups in total. The van der Waals surface area contributed by atoms with Crippen molar-refractivity contribution in [3.63, 3.8) is 0 Å². The summed E-state index contributed by atoms with van der Waals surface area (Å²) in [5.41, 5.74) is 6.30. The van der Waals surface area contributed by atoms with E-state index >= 15 is 0 Å². The van der Waals surface area contributed by atoms with E-state index in [0.29, 0.717) is 17.3 Å².